The van der Waals surface area contributed by atoms with E-state index in [1.807, 2.05) is 0 Å². The van der Waals surface area contributed by atoms with Gasteiger partial charge in [-0.3, -0.25) is 0 Å². The molecule has 0 radical (unpaired) electrons. The van der Waals surface area contributed by atoms with Crippen LogP contribution in [0, 0.1) is 0 Å². The van der Waals surface area contributed by atoms with Crippen molar-refractivity contribution in [3.05, 3.63) is 35.9 Å². The predicted octanol–water partition coefficient (Wildman–Crippen LogP) is 7.50. The van der Waals surface area contributed by atoms with Gasteiger partial charge in [0.1, 0.15) is 12.6 Å². The molecule has 0 spiro atoms. The van der Waals surface area contributed by atoms with E-state index in [0.29, 0.717) is 6.04 Å². The summed E-state index contributed by atoms with van der Waals surface area (Å²) in [6, 6.07) is 11.0. The minimum atomic E-state index is 0.290. The quantitative estimate of drug-likeness (QED) is 0.187. The SMILES string of the molecule is CCCCCCCCCCCCCCCCC(CO)[N+](C)(C)Cc1ccccc1. The second kappa shape index (κ2) is 16.9. The highest BCUT2D eigenvalue weighted by molar-refractivity contribution is 5.13. The van der Waals surface area contributed by atoms with Crippen LogP contribution in [0.5, 0.6) is 0 Å². The molecular formula is C27H50NO+. The average molecular weight is 405 g/mol. The molecule has 1 aromatic rings. The fraction of sp³-hybridized carbons (Fsp3) is 0.778. The fourth-order valence-electron chi connectivity index (χ4n) is 4.42. The number of benzene rings is 1. The molecule has 0 aliphatic heterocycles. The molecule has 1 unspecified atom stereocenters. The summed E-state index contributed by atoms with van der Waals surface area (Å²) < 4.78 is 0.874. The minimum Gasteiger partial charge on any atom is -0.390 e. The summed E-state index contributed by atoms with van der Waals surface area (Å²) in [5.41, 5.74) is 1.36. The van der Waals surface area contributed by atoms with Crippen LogP contribution in [0.15, 0.2) is 30.3 Å². The van der Waals surface area contributed by atoms with Crippen molar-refractivity contribution in [2.45, 2.75) is 116 Å². The molecule has 1 rings (SSSR count). The van der Waals surface area contributed by atoms with Gasteiger partial charge in [-0.25, -0.2) is 0 Å². The van der Waals surface area contributed by atoms with Crippen molar-refractivity contribution in [2.24, 2.45) is 0 Å². The van der Waals surface area contributed by atoms with Crippen molar-refractivity contribution in [2.75, 3.05) is 20.7 Å². The summed E-state index contributed by atoms with van der Waals surface area (Å²) in [7, 11) is 4.52. The summed E-state index contributed by atoms with van der Waals surface area (Å²) in [5, 5.41) is 9.93. The summed E-state index contributed by atoms with van der Waals surface area (Å²) in [4.78, 5) is 0. The van der Waals surface area contributed by atoms with Gasteiger partial charge in [0, 0.05) is 12.0 Å². The van der Waals surface area contributed by atoms with Gasteiger partial charge >= 0.3 is 0 Å². The third-order valence-corrected chi connectivity index (χ3v) is 6.52. The lowest BCUT2D eigenvalue weighted by atomic mass is 10.0. The molecule has 0 fully saturated rings. The molecule has 0 aliphatic rings. The Kier molecular flexibility index (Phi) is 15.2. The Balaban J connectivity index is 2.01. The maximum absolute atomic E-state index is 9.93. The van der Waals surface area contributed by atoms with Crippen LogP contribution in [-0.2, 0) is 6.54 Å². The lowest BCUT2D eigenvalue weighted by molar-refractivity contribution is -0.928. The van der Waals surface area contributed by atoms with Gasteiger partial charge < -0.3 is 9.59 Å². The first kappa shape index (κ1) is 26.2. The maximum Gasteiger partial charge on any atom is 0.112 e. The standard InChI is InChI=1S/C27H50NO/c1-4-5-6-7-8-9-10-11-12-13-14-15-16-20-23-27(25-29)28(2,3)24-26-21-18-17-19-22-26/h17-19,21-22,27,29H,4-16,20,23-25H2,1-3H3/q+1. The van der Waals surface area contributed by atoms with Crippen LogP contribution in [0.4, 0.5) is 0 Å². The molecule has 29 heavy (non-hydrogen) atoms. The van der Waals surface area contributed by atoms with Crippen molar-refractivity contribution in [1.29, 1.82) is 0 Å². The summed E-state index contributed by atoms with van der Waals surface area (Å²) in [6.07, 6.45) is 20.7. The van der Waals surface area contributed by atoms with Crippen molar-refractivity contribution in [3.8, 4) is 0 Å². The number of hydrogen-bond acceptors (Lipinski definition) is 1. The number of rotatable bonds is 19. The first-order valence-corrected chi connectivity index (χ1v) is 12.6. The summed E-state index contributed by atoms with van der Waals surface area (Å²) in [5.74, 6) is 0. The van der Waals surface area contributed by atoms with Gasteiger partial charge in [-0.1, -0.05) is 121 Å². The number of aliphatic hydroxyl groups is 1. The van der Waals surface area contributed by atoms with Gasteiger partial charge in [0.25, 0.3) is 0 Å². The number of nitrogens with zero attached hydrogens (tertiary/aromatic N) is 1. The van der Waals surface area contributed by atoms with E-state index in [0.717, 1.165) is 17.4 Å². The Bertz CT molecular complexity index is 471. The largest absolute Gasteiger partial charge is 0.390 e. The Hall–Kier alpha value is -0.860. The average Bonchev–Trinajstić information content (AvgIpc) is 2.71. The third-order valence-electron chi connectivity index (χ3n) is 6.52. The topological polar surface area (TPSA) is 20.2 Å². The van der Waals surface area contributed by atoms with Gasteiger partial charge in [-0.15, -0.1) is 0 Å². The van der Waals surface area contributed by atoms with Gasteiger partial charge in [0.15, 0.2) is 0 Å². The zero-order valence-corrected chi connectivity index (χ0v) is 19.9. The maximum atomic E-state index is 9.93. The Labute approximate surface area is 182 Å². The zero-order valence-electron chi connectivity index (χ0n) is 19.9. The highest BCUT2D eigenvalue weighted by atomic mass is 16.3. The van der Waals surface area contributed by atoms with Crippen molar-refractivity contribution < 1.29 is 9.59 Å². The number of aliphatic hydroxyl groups excluding tert-OH is 1. The summed E-state index contributed by atoms with van der Waals surface area (Å²) >= 11 is 0. The highest BCUT2D eigenvalue weighted by Crippen LogP contribution is 2.20. The third kappa shape index (κ3) is 13.1. The second-order valence-corrected chi connectivity index (χ2v) is 9.64. The van der Waals surface area contributed by atoms with Crippen LogP contribution >= 0.6 is 0 Å². The smallest absolute Gasteiger partial charge is 0.112 e. The van der Waals surface area contributed by atoms with E-state index >= 15 is 0 Å². The molecule has 1 aromatic carbocycles. The van der Waals surface area contributed by atoms with E-state index in [9.17, 15) is 5.11 Å². The lowest BCUT2D eigenvalue weighted by Crippen LogP contribution is -2.50. The number of unbranched alkanes of at least 4 members (excludes halogenated alkanes) is 13. The monoisotopic (exact) mass is 404 g/mol. The molecule has 0 aliphatic carbocycles. The number of hydrogen-bond donors (Lipinski definition) is 1. The van der Waals surface area contributed by atoms with Gasteiger partial charge in [0.05, 0.1) is 20.7 Å². The number of likely N-dealkylation sites (N-methyl/N-ethyl adjacent to an activating group) is 1. The molecule has 0 aromatic heterocycles. The summed E-state index contributed by atoms with van der Waals surface area (Å²) in [6.45, 7) is 3.57. The van der Waals surface area contributed by atoms with Crippen molar-refractivity contribution in [3.63, 3.8) is 0 Å². The van der Waals surface area contributed by atoms with E-state index in [1.54, 1.807) is 0 Å². The lowest BCUT2D eigenvalue weighted by Gasteiger charge is -2.37. The van der Waals surface area contributed by atoms with E-state index in [1.165, 1.54) is 95.5 Å². The molecule has 0 amide bonds. The van der Waals surface area contributed by atoms with Crippen LogP contribution in [-0.4, -0.2) is 36.3 Å². The molecule has 0 saturated heterocycles. The van der Waals surface area contributed by atoms with Crippen LogP contribution in [0.1, 0.15) is 109 Å². The second-order valence-electron chi connectivity index (χ2n) is 9.64. The molecule has 1 N–H and O–H groups in total. The molecule has 168 valence electrons. The molecule has 2 heteroatoms. The molecule has 2 nitrogen and oxygen atoms in total. The van der Waals surface area contributed by atoms with Crippen LogP contribution in [0.3, 0.4) is 0 Å². The first-order valence-electron chi connectivity index (χ1n) is 12.6. The molecule has 1 atom stereocenters. The molecule has 0 heterocycles. The van der Waals surface area contributed by atoms with Gasteiger partial charge in [-0.2, -0.15) is 0 Å². The normalized spacial score (nSPS) is 13.0. The zero-order chi connectivity index (χ0) is 21.2. The fourth-order valence-corrected chi connectivity index (χ4v) is 4.42. The van der Waals surface area contributed by atoms with Crippen LogP contribution in [0.2, 0.25) is 0 Å². The molecule has 0 bridgehead atoms. The molecule has 0 saturated carbocycles. The van der Waals surface area contributed by atoms with Crippen molar-refractivity contribution in [1.82, 2.24) is 0 Å². The van der Waals surface area contributed by atoms with Crippen LogP contribution < -0.4 is 0 Å². The van der Waals surface area contributed by atoms with Gasteiger partial charge in [0.2, 0.25) is 0 Å². The Morgan fingerprint density at radius 1 is 0.690 bits per heavy atom. The van der Waals surface area contributed by atoms with E-state index in [2.05, 4.69) is 51.4 Å². The minimum absolute atomic E-state index is 0.290. The Morgan fingerprint density at radius 3 is 1.59 bits per heavy atom. The number of quaternary nitrogens is 1. The van der Waals surface area contributed by atoms with Gasteiger partial charge in [-0.05, 0) is 6.42 Å². The van der Waals surface area contributed by atoms with E-state index in [-0.39, 0.29) is 6.61 Å². The van der Waals surface area contributed by atoms with E-state index in [4.69, 9.17) is 0 Å². The van der Waals surface area contributed by atoms with Crippen LogP contribution in [0.25, 0.3) is 0 Å². The first-order chi connectivity index (χ1) is 14.1. The highest BCUT2D eigenvalue weighted by Gasteiger charge is 2.27. The van der Waals surface area contributed by atoms with E-state index < -0.39 is 0 Å². The molecular weight excluding hydrogens is 354 g/mol. The Morgan fingerprint density at radius 2 is 1.14 bits per heavy atom. The van der Waals surface area contributed by atoms with Crippen molar-refractivity contribution >= 4 is 0 Å². The predicted molar refractivity (Wildman–Crippen MR) is 128 cm³/mol.